The molecule has 0 saturated carbocycles. The third-order valence-electron chi connectivity index (χ3n) is 4.32. The first-order chi connectivity index (χ1) is 12.6. The molecular formula is C17H23N3O6S. The second-order valence-corrected chi connectivity index (χ2v) is 8.91. The lowest BCUT2D eigenvalue weighted by molar-refractivity contribution is -0.147. The lowest BCUT2D eigenvalue weighted by atomic mass is 10.1. The first kappa shape index (κ1) is 20.8. The van der Waals surface area contributed by atoms with Gasteiger partial charge in [0.05, 0.1) is 11.8 Å². The van der Waals surface area contributed by atoms with Gasteiger partial charge in [0.15, 0.2) is 0 Å². The highest BCUT2D eigenvalue weighted by Crippen LogP contribution is 2.19. The molecule has 10 heteroatoms. The van der Waals surface area contributed by atoms with Gasteiger partial charge < -0.3 is 15.3 Å². The molecule has 1 fully saturated rings. The number of carbonyl (C=O) groups excluding carboxylic acids is 2. The number of sulfonamides is 1. The number of carboxylic acids is 1. The number of amides is 2. The van der Waals surface area contributed by atoms with Gasteiger partial charge in [-0.15, -0.1) is 0 Å². The van der Waals surface area contributed by atoms with Crippen LogP contribution in [-0.4, -0.2) is 66.6 Å². The quantitative estimate of drug-likeness (QED) is 0.583. The van der Waals surface area contributed by atoms with Crippen molar-refractivity contribution in [3.8, 4) is 0 Å². The van der Waals surface area contributed by atoms with Gasteiger partial charge in [0.2, 0.25) is 15.9 Å². The van der Waals surface area contributed by atoms with E-state index in [4.69, 9.17) is 0 Å². The Hall–Kier alpha value is -2.46. The van der Waals surface area contributed by atoms with E-state index in [1.54, 1.807) is 30.3 Å². The summed E-state index contributed by atoms with van der Waals surface area (Å²) in [7, 11) is -3.64. The zero-order valence-corrected chi connectivity index (χ0v) is 15.9. The molecular weight excluding hydrogens is 374 g/mol. The van der Waals surface area contributed by atoms with Gasteiger partial charge in [0.25, 0.3) is 5.91 Å². The van der Waals surface area contributed by atoms with Crippen LogP contribution >= 0.6 is 0 Å². The van der Waals surface area contributed by atoms with Crippen molar-refractivity contribution < 1.29 is 27.9 Å². The van der Waals surface area contributed by atoms with Crippen LogP contribution < -0.4 is 10.0 Å². The highest BCUT2D eigenvalue weighted by molar-refractivity contribution is 7.90. The summed E-state index contributed by atoms with van der Waals surface area (Å²) in [5.74, 6) is -2.21. The number of rotatable bonds is 7. The van der Waals surface area contributed by atoms with Crippen molar-refractivity contribution in [2.45, 2.75) is 37.6 Å². The van der Waals surface area contributed by atoms with E-state index in [1.807, 2.05) is 0 Å². The summed E-state index contributed by atoms with van der Waals surface area (Å²) in [6.45, 7) is 2.41. The second-order valence-electron chi connectivity index (χ2n) is 6.59. The first-order valence-electron chi connectivity index (χ1n) is 8.48. The maximum atomic E-state index is 12.4. The van der Waals surface area contributed by atoms with Gasteiger partial charge in [-0.2, -0.15) is 0 Å². The molecule has 1 aromatic rings. The molecule has 1 heterocycles. The van der Waals surface area contributed by atoms with Crippen LogP contribution in [0.25, 0.3) is 0 Å². The topological polar surface area (TPSA) is 133 Å². The Morgan fingerprint density at radius 1 is 1.22 bits per heavy atom. The molecule has 148 valence electrons. The van der Waals surface area contributed by atoms with Crippen LogP contribution in [0, 0.1) is 0 Å². The van der Waals surface area contributed by atoms with Crippen molar-refractivity contribution in [1.82, 2.24) is 14.9 Å². The van der Waals surface area contributed by atoms with E-state index in [2.05, 4.69) is 10.0 Å². The summed E-state index contributed by atoms with van der Waals surface area (Å²) >= 11 is 0. The lowest BCUT2D eigenvalue weighted by Gasteiger charge is -2.22. The SMILES string of the molecule is CC(C)S(=O)(=O)NCC(=O)N1CC(NC(=O)c2ccccc2)CC1C(=O)O. The molecule has 0 spiro atoms. The fraction of sp³-hybridized carbons (Fsp3) is 0.471. The van der Waals surface area contributed by atoms with Crippen molar-refractivity contribution in [2.75, 3.05) is 13.1 Å². The number of nitrogens with zero attached hydrogens (tertiary/aromatic N) is 1. The van der Waals surface area contributed by atoms with E-state index in [0.29, 0.717) is 5.56 Å². The summed E-state index contributed by atoms with van der Waals surface area (Å²) in [6, 6.07) is 6.78. The van der Waals surface area contributed by atoms with Gasteiger partial charge in [-0.05, 0) is 26.0 Å². The number of carbonyl (C=O) groups is 3. The molecule has 1 aliphatic rings. The molecule has 1 saturated heterocycles. The average molecular weight is 397 g/mol. The molecule has 0 aromatic heterocycles. The van der Waals surface area contributed by atoms with Crippen molar-refractivity contribution >= 4 is 27.8 Å². The molecule has 1 aromatic carbocycles. The fourth-order valence-electron chi connectivity index (χ4n) is 2.74. The van der Waals surface area contributed by atoms with Crippen LogP contribution in [0.15, 0.2) is 30.3 Å². The predicted molar refractivity (Wildman–Crippen MR) is 97.5 cm³/mol. The third kappa shape index (κ3) is 5.27. The summed E-state index contributed by atoms with van der Waals surface area (Å²) in [5, 5.41) is 11.4. The minimum Gasteiger partial charge on any atom is -0.480 e. The smallest absolute Gasteiger partial charge is 0.326 e. The van der Waals surface area contributed by atoms with Gasteiger partial charge in [-0.25, -0.2) is 17.9 Å². The van der Waals surface area contributed by atoms with E-state index in [9.17, 15) is 27.9 Å². The van der Waals surface area contributed by atoms with Gasteiger partial charge in [-0.1, -0.05) is 18.2 Å². The number of nitrogens with one attached hydrogen (secondary N) is 2. The maximum Gasteiger partial charge on any atom is 0.326 e. The Morgan fingerprint density at radius 3 is 2.41 bits per heavy atom. The summed E-state index contributed by atoms with van der Waals surface area (Å²) in [6.07, 6.45) is 0.0522. The highest BCUT2D eigenvalue weighted by atomic mass is 32.2. The highest BCUT2D eigenvalue weighted by Gasteiger charge is 2.40. The molecule has 3 N–H and O–H groups in total. The number of hydrogen-bond donors (Lipinski definition) is 3. The minimum absolute atomic E-state index is 0.00220. The van der Waals surface area contributed by atoms with Crippen molar-refractivity contribution in [1.29, 1.82) is 0 Å². The number of aliphatic carboxylic acids is 1. The van der Waals surface area contributed by atoms with Crippen molar-refractivity contribution in [3.63, 3.8) is 0 Å². The van der Waals surface area contributed by atoms with Crippen LogP contribution in [-0.2, 0) is 19.6 Å². The van der Waals surface area contributed by atoms with Gasteiger partial charge >= 0.3 is 5.97 Å². The van der Waals surface area contributed by atoms with Gasteiger partial charge in [0.1, 0.15) is 6.04 Å². The van der Waals surface area contributed by atoms with Crippen molar-refractivity contribution in [3.05, 3.63) is 35.9 Å². The van der Waals surface area contributed by atoms with Crippen LogP contribution in [0.2, 0.25) is 0 Å². The number of benzene rings is 1. The van der Waals surface area contributed by atoms with Crippen molar-refractivity contribution in [2.24, 2.45) is 0 Å². The largest absolute Gasteiger partial charge is 0.480 e. The van der Waals surface area contributed by atoms with Crippen LogP contribution in [0.4, 0.5) is 0 Å². The number of hydrogen-bond acceptors (Lipinski definition) is 5. The Labute approximate surface area is 157 Å². The monoisotopic (exact) mass is 397 g/mol. The molecule has 2 atom stereocenters. The summed E-state index contributed by atoms with van der Waals surface area (Å²) in [5.41, 5.74) is 0.429. The molecule has 2 unspecified atom stereocenters. The molecule has 0 radical (unpaired) electrons. The van der Waals surface area contributed by atoms with Gasteiger partial charge in [0, 0.05) is 24.6 Å². The van der Waals surface area contributed by atoms with E-state index >= 15 is 0 Å². The number of likely N-dealkylation sites (tertiary alicyclic amines) is 1. The Balaban J connectivity index is 2.02. The van der Waals surface area contributed by atoms with E-state index in [1.165, 1.54) is 13.8 Å². The van der Waals surface area contributed by atoms with Crippen LogP contribution in [0.3, 0.4) is 0 Å². The summed E-state index contributed by atoms with van der Waals surface area (Å²) < 4.78 is 25.7. The molecule has 1 aliphatic heterocycles. The zero-order chi connectivity index (χ0) is 20.2. The zero-order valence-electron chi connectivity index (χ0n) is 15.1. The van der Waals surface area contributed by atoms with E-state index in [-0.39, 0.29) is 18.9 Å². The summed E-state index contributed by atoms with van der Waals surface area (Å²) in [4.78, 5) is 37.2. The standard InChI is InChI=1S/C17H23N3O6S/c1-11(2)27(25,26)18-9-15(21)20-10-13(8-14(20)17(23)24)19-16(22)12-6-4-3-5-7-12/h3-7,11,13-14,18H,8-10H2,1-2H3,(H,19,22)(H,23,24). The predicted octanol–water partition coefficient (Wildman–Crippen LogP) is -0.202. The maximum absolute atomic E-state index is 12.4. The Bertz CT molecular complexity index is 809. The van der Waals surface area contributed by atoms with Gasteiger partial charge in [-0.3, -0.25) is 9.59 Å². The van der Waals surface area contributed by atoms with E-state index in [0.717, 1.165) is 4.90 Å². The van der Waals surface area contributed by atoms with E-state index < -0.39 is 45.8 Å². The normalized spacial score (nSPS) is 19.9. The lowest BCUT2D eigenvalue weighted by Crippen LogP contribution is -2.47. The molecule has 0 bridgehead atoms. The average Bonchev–Trinajstić information content (AvgIpc) is 3.04. The van der Waals surface area contributed by atoms with Crippen LogP contribution in [0.5, 0.6) is 0 Å². The molecule has 27 heavy (non-hydrogen) atoms. The fourth-order valence-corrected chi connectivity index (χ4v) is 3.40. The number of carboxylic acid groups (broad SMARTS) is 1. The molecule has 9 nitrogen and oxygen atoms in total. The molecule has 2 rings (SSSR count). The second kappa shape index (κ2) is 8.49. The first-order valence-corrected chi connectivity index (χ1v) is 10.0. The Kier molecular flexibility index (Phi) is 6.55. The van der Waals surface area contributed by atoms with Crippen LogP contribution in [0.1, 0.15) is 30.6 Å². The Morgan fingerprint density at radius 2 is 1.85 bits per heavy atom. The minimum atomic E-state index is -3.64. The molecule has 2 amide bonds. The molecule has 0 aliphatic carbocycles. The third-order valence-corrected chi connectivity index (χ3v) is 6.11.